The topological polar surface area (TPSA) is 145 Å². The second kappa shape index (κ2) is 9.39. The molecule has 0 radical (unpaired) electrons. The molecule has 3 rings (SSSR count). The van der Waals surface area contributed by atoms with Crippen LogP contribution in [0.2, 0.25) is 0 Å². The number of hydrogen-bond donors (Lipinski definition) is 3. The van der Waals surface area contributed by atoms with Crippen LogP contribution in [0.25, 0.3) is 0 Å². The number of nitrogens with two attached hydrogens (primary N) is 1. The Hall–Kier alpha value is -3.41. The van der Waals surface area contributed by atoms with Gasteiger partial charge in [0.1, 0.15) is 5.75 Å². The summed E-state index contributed by atoms with van der Waals surface area (Å²) in [5.74, 6) is 0.171. The van der Waals surface area contributed by atoms with Crippen LogP contribution in [0.4, 0.5) is 11.4 Å². The van der Waals surface area contributed by atoms with Gasteiger partial charge in [0.25, 0.3) is 15.9 Å². The number of sulfonamides is 2. The Labute approximate surface area is 186 Å². The van der Waals surface area contributed by atoms with E-state index in [9.17, 15) is 21.6 Å². The van der Waals surface area contributed by atoms with Crippen molar-refractivity contribution in [3.8, 4) is 5.75 Å². The van der Waals surface area contributed by atoms with Gasteiger partial charge in [-0.1, -0.05) is 17.7 Å². The number of benzene rings is 3. The van der Waals surface area contributed by atoms with Crippen LogP contribution in [-0.2, 0) is 24.8 Å². The van der Waals surface area contributed by atoms with Crippen LogP contribution in [0, 0.1) is 6.92 Å². The maximum Gasteiger partial charge on any atom is 0.262 e. The molecule has 32 heavy (non-hydrogen) atoms. The molecule has 0 saturated heterocycles. The van der Waals surface area contributed by atoms with Crippen molar-refractivity contribution in [2.24, 2.45) is 5.14 Å². The first-order valence-electron chi connectivity index (χ1n) is 9.28. The third kappa shape index (κ3) is 6.30. The first kappa shape index (κ1) is 23.3. The number of nitrogens with one attached hydrogen (secondary N) is 2. The van der Waals surface area contributed by atoms with Crippen molar-refractivity contribution in [3.05, 3.63) is 78.4 Å². The molecule has 4 N–H and O–H groups in total. The molecule has 0 heterocycles. The third-order valence-corrected chi connectivity index (χ3v) is 6.60. The minimum absolute atomic E-state index is 0.0399. The summed E-state index contributed by atoms with van der Waals surface area (Å²) in [7, 11) is -7.80. The summed E-state index contributed by atoms with van der Waals surface area (Å²) in [4.78, 5) is 11.9. The Balaban J connectivity index is 1.60. The smallest absolute Gasteiger partial charge is 0.262 e. The fraction of sp³-hybridized carbons (Fsp3) is 0.0952. The normalized spacial score (nSPS) is 11.6. The molecule has 0 atom stereocenters. The summed E-state index contributed by atoms with van der Waals surface area (Å²) in [5.41, 5.74) is 1.65. The first-order valence-corrected chi connectivity index (χ1v) is 12.3. The highest BCUT2D eigenvalue weighted by Gasteiger charge is 2.15. The first-order chi connectivity index (χ1) is 15.0. The monoisotopic (exact) mass is 475 g/mol. The number of primary sulfonamides is 1. The van der Waals surface area contributed by atoms with Crippen LogP contribution < -0.4 is 19.9 Å². The lowest BCUT2D eigenvalue weighted by Crippen LogP contribution is -2.20. The number of amides is 1. The molecule has 3 aromatic carbocycles. The number of anilines is 2. The van der Waals surface area contributed by atoms with Gasteiger partial charge in [0.05, 0.1) is 9.79 Å². The summed E-state index contributed by atoms with van der Waals surface area (Å²) in [5, 5.41) is 7.65. The summed E-state index contributed by atoms with van der Waals surface area (Å²) >= 11 is 0. The molecule has 0 aromatic heterocycles. The van der Waals surface area contributed by atoms with Crippen LogP contribution in [-0.4, -0.2) is 29.3 Å². The van der Waals surface area contributed by atoms with Gasteiger partial charge in [0.2, 0.25) is 10.0 Å². The van der Waals surface area contributed by atoms with Gasteiger partial charge in [0.15, 0.2) is 6.61 Å². The highest BCUT2D eigenvalue weighted by molar-refractivity contribution is 7.92. The summed E-state index contributed by atoms with van der Waals surface area (Å²) in [6.07, 6.45) is 0. The van der Waals surface area contributed by atoms with Gasteiger partial charge in [-0.3, -0.25) is 9.52 Å². The van der Waals surface area contributed by atoms with Crippen LogP contribution in [0.3, 0.4) is 0 Å². The van der Waals surface area contributed by atoms with Gasteiger partial charge in [-0.25, -0.2) is 22.0 Å². The molecule has 168 valence electrons. The van der Waals surface area contributed by atoms with Crippen molar-refractivity contribution in [1.29, 1.82) is 0 Å². The molecule has 9 nitrogen and oxygen atoms in total. The Morgan fingerprint density at radius 3 is 1.91 bits per heavy atom. The van der Waals surface area contributed by atoms with E-state index in [1.807, 2.05) is 19.1 Å². The fourth-order valence-electron chi connectivity index (χ4n) is 2.62. The predicted octanol–water partition coefficient (Wildman–Crippen LogP) is 2.46. The largest absolute Gasteiger partial charge is 0.484 e. The molecule has 0 spiro atoms. The minimum Gasteiger partial charge on any atom is -0.484 e. The minimum atomic E-state index is -3.92. The van der Waals surface area contributed by atoms with Gasteiger partial charge in [0, 0.05) is 11.4 Å². The SMILES string of the molecule is Cc1ccc(OCC(=O)Nc2ccc(S(=O)(=O)Nc3ccc(S(N)(=O)=O)cc3)cc2)cc1. The quantitative estimate of drug-likeness (QED) is 0.456. The van der Waals surface area contributed by atoms with Crippen LogP contribution in [0.5, 0.6) is 5.75 Å². The lowest BCUT2D eigenvalue weighted by molar-refractivity contribution is -0.118. The number of hydrogen-bond acceptors (Lipinski definition) is 6. The molecule has 0 fully saturated rings. The summed E-state index contributed by atoms with van der Waals surface area (Å²) in [6.45, 7) is 1.75. The number of ether oxygens (including phenoxy) is 1. The van der Waals surface area contributed by atoms with E-state index >= 15 is 0 Å². The second-order valence-electron chi connectivity index (χ2n) is 6.85. The van der Waals surface area contributed by atoms with Crippen molar-refractivity contribution in [2.45, 2.75) is 16.7 Å². The van der Waals surface area contributed by atoms with Crippen molar-refractivity contribution < 1.29 is 26.4 Å². The zero-order valence-electron chi connectivity index (χ0n) is 17.0. The van der Waals surface area contributed by atoms with Gasteiger partial charge in [-0.15, -0.1) is 0 Å². The van der Waals surface area contributed by atoms with Crippen LogP contribution in [0.1, 0.15) is 5.56 Å². The zero-order valence-corrected chi connectivity index (χ0v) is 18.6. The van der Waals surface area contributed by atoms with E-state index in [0.29, 0.717) is 11.4 Å². The van der Waals surface area contributed by atoms with E-state index in [1.54, 1.807) is 12.1 Å². The Bertz CT molecular complexity index is 1300. The fourth-order valence-corrected chi connectivity index (χ4v) is 4.20. The maximum atomic E-state index is 12.5. The highest BCUT2D eigenvalue weighted by atomic mass is 32.2. The van der Waals surface area contributed by atoms with Crippen LogP contribution >= 0.6 is 0 Å². The molecule has 0 bridgehead atoms. The van der Waals surface area contributed by atoms with E-state index in [1.165, 1.54) is 48.5 Å². The molecular formula is C21H21N3O6S2. The summed E-state index contributed by atoms with van der Waals surface area (Å²) < 4.78 is 55.4. The molecule has 11 heteroatoms. The second-order valence-corrected chi connectivity index (χ2v) is 10.1. The molecule has 0 saturated carbocycles. The predicted molar refractivity (Wildman–Crippen MR) is 120 cm³/mol. The van der Waals surface area contributed by atoms with E-state index in [0.717, 1.165) is 5.56 Å². The van der Waals surface area contributed by atoms with Gasteiger partial charge < -0.3 is 10.1 Å². The number of carbonyl (C=O) groups excluding carboxylic acids is 1. The third-order valence-electron chi connectivity index (χ3n) is 4.27. The molecule has 0 unspecified atom stereocenters. The number of carbonyl (C=O) groups is 1. The average Bonchev–Trinajstić information content (AvgIpc) is 2.73. The number of rotatable bonds is 8. The highest BCUT2D eigenvalue weighted by Crippen LogP contribution is 2.20. The lowest BCUT2D eigenvalue weighted by atomic mass is 10.2. The van der Waals surface area contributed by atoms with E-state index in [2.05, 4.69) is 10.0 Å². The Morgan fingerprint density at radius 1 is 0.812 bits per heavy atom. The molecular weight excluding hydrogens is 454 g/mol. The molecule has 0 aliphatic rings. The Kier molecular flexibility index (Phi) is 6.82. The average molecular weight is 476 g/mol. The van der Waals surface area contributed by atoms with Crippen molar-refractivity contribution >= 4 is 37.3 Å². The molecule has 0 aliphatic heterocycles. The Morgan fingerprint density at radius 2 is 1.34 bits per heavy atom. The lowest BCUT2D eigenvalue weighted by Gasteiger charge is -2.10. The molecule has 0 aliphatic carbocycles. The molecule has 3 aromatic rings. The van der Waals surface area contributed by atoms with E-state index in [4.69, 9.17) is 9.88 Å². The van der Waals surface area contributed by atoms with E-state index < -0.39 is 26.0 Å². The van der Waals surface area contributed by atoms with Gasteiger partial charge in [-0.2, -0.15) is 0 Å². The van der Waals surface area contributed by atoms with Gasteiger partial charge in [-0.05, 0) is 67.6 Å². The van der Waals surface area contributed by atoms with Gasteiger partial charge >= 0.3 is 0 Å². The number of aryl methyl sites for hydroxylation is 1. The van der Waals surface area contributed by atoms with Crippen molar-refractivity contribution in [3.63, 3.8) is 0 Å². The maximum absolute atomic E-state index is 12.5. The van der Waals surface area contributed by atoms with Crippen molar-refractivity contribution in [2.75, 3.05) is 16.6 Å². The van der Waals surface area contributed by atoms with E-state index in [-0.39, 0.29) is 22.1 Å². The zero-order chi connectivity index (χ0) is 23.4. The van der Waals surface area contributed by atoms with Crippen molar-refractivity contribution in [1.82, 2.24) is 0 Å². The molecule has 1 amide bonds. The summed E-state index contributed by atoms with van der Waals surface area (Å²) in [6, 6.07) is 17.8. The van der Waals surface area contributed by atoms with Crippen LogP contribution in [0.15, 0.2) is 82.6 Å². The standard InChI is InChI=1S/C21H21N3O6S2/c1-15-2-8-18(9-3-15)30-14-21(25)23-16-4-12-20(13-5-16)32(28,29)24-17-6-10-19(11-7-17)31(22,26)27/h2-13,24H,14H2,1H3,(H,23,25)(H2,22,26,27).